The Hall–Kier alpha value is -1.79. The number of nitrogens with one attached hydrogen (secondary N) is 1. The number of methoxy groups -OCH3 is 1. The maximum absolute atomic E-state index is 12.8. The molecule has 0 saturated carbocycles. The van der Waals surface area contributed by atoms with Crippen LogP contribution in [0.15, 0.2) is 29.1 Å². The van der Waals surface area contributed by atoms with E-state index in [0.717, 1.165) is 46.8 Å². The van der Waals surface area contributed by atoms with E-state index in [-0.39, 0.29) is 10.8 Å². The zero-order valence-electron chi connectivity index (χ0n) is 15.9. The molecule has 1 aliphatic rings. The molecule has 4 rings (SSSR count). The first-order chi connectivity index (χ1) is 13.0. The van der Waals surface area contributed by atoms with E-state index in [1.807, 2.05) is 18.2 Å². The maximum atomic E-state index is 12.8. The molecule has 0 aliphatic heterocycles. The van der Waals surface area contributed by atoms with Crippen LogP contribution in [0.2, 0.25) is 0 Å². The average Bonchev–Trinajstić information content (AvgIpc) is 3.04. The number of aromatic amines is 1. The number of thiophene rings is 1. The second-order valence-corrected chi connectivity index (χ2v) is 9.70. The van der Waals surface area contributed by atoms with E-state index < -0.39 is 0 Å². The third-order valence-corrected chi connectivity index (χ3v) is 7.57. The molecule has 27 heavy (non-hydrogen) atoms. The first-order valence-corrected chi connectivity index (χ1v) is 11.2. The summed E-state index contributed by atoms with van der Waals surface area (Å²) < 4.78 is 5.29. The minimum Gasteiger partial charge on any atom is -0.497 e. The summed E-state index contributed by atoms with van der Waals surface area (Å²) >= 11 is 3.48. The van der Waals surface area contributed by atoms with Gasteiger partial charge in [0.25, 0.3) is 5.56 Å². The highest BCUT2D eigenvalue weighted by Gasteiger charge is 2.23. The van der Waals surface area contributed by atoms with Crippen LogP contribution in [0.5, 0.6) is 5.75 Å². The van der Waals surface area contributed by atoms with E-state index in [9.17, 15) is 4.79 Å². The Bertz CT molecular complexity index is 1020. The number of benzene rings is 1. The number of fused-ring (bicyclic) bond motifs is 3. The molecule has 0 unspecified atom stereocenters. The van der Waals surface area contributed by atoms with Gasteiger partial charge in [-0.1, -0.05) is 19.1 Å². The van der Waals surface area contributed by atoms with Crippen LogP contribution in [0.4, 0.5) is 0 Å². The summed E-state index contributed by atoms with van der Waals surface area (Å²) in [6.45, 7) is 4.39. The summed E-state index contributed by atoms with van der Waals surface area (Å²) in [7, 11) is 1.68. The summed E-state index contributed by atoms with van der Waals surface area (Å²) in [6, 6.07) is 8.09. The van der Waals surface area contributed by atoms with Gasteiger partial charge in [-0.3, -0.25) is 4.79 Å². The quantitative estimate of drug-likeness (QED) is 0.646. The third-order valence-electron chi connectivity index (χ3n) is 5.20. The fraction of sp³-hybridized carbons (Fsp3) is 0.429. The minimum atomic E-state index is 0.0240. The van der Waals surface area contributed by atoms with Crippen LogP contribution in [-0.4, -0.2) is 17.1 Å². The molecule has 1 aliphatic carbocycles. The molecule has 4 nitrogen and oxygen atoms in total. The second-order valence-electron chi connectivity index (χ2n) is 7.29. The largest absolute Gasteiger partial charge is 0.497 e. The highest BCUT2D eigenvalue weighted by molar-refractivity contribution is 7.98. The van der Waals surface area contributed by atoms with Gasteiger partial charge >= 0.3 is 0 Å². The van der Waals surface area contributed by atoms with Crippen LogP contribution in [0.25, 0.3) is 10.2 Å². The van der Waals surface area contributed by atoms with Gasteiger partial charge in [0.15, 0.2) is 0 Å². The van der Waals surface area contributed by atoms with Crippen molar-refractivity contribution in [3.63, 3.8) is 0 Å². The molecular weight excluding hydrogens is 376 g/mol. The fourth-order valence-corrected chi connectivity index (χ4v) is 5.90. The molecule has 1 aromatic carbocycles. The Balaban J connectivity index is 1.57. The monoisotopic (exact) mass is 400 g/mol. The van der Waals surface area contributed by atoms with Crippen molar-refractivity contribution in [1.29, 1.82) is 0 Å². The van der Waals surface area contributed by atoms with Gasteiger partial charge in [-0.05, 0) is 55.4 Å². The van der Waals surface area contributed by atoms with E-state index in [2.05, 4.69) is 24.9 Å². The van der Waals surface area contributed by atoms with Gasteiger partial charge in [0.05, 0.1) is 17.7 Å². The topological polar surface area (TPSA) is 55.0 Å². The first kappa shape index (κ1) is 18.6. The highest BCUT2D eigenvalue weighted by Crippen LogP contribution is 2.37. The Morgan fingerprint density at radius 3 is 3.11 bits per heavy atom. The number of hydrogen-bond donors (Lipinski definition) is 1. The predicted octanol–water partition coefficient (Wildman–Crippen LogP) is 5.11. The SMILES string of the molecule is COc1cccc(CS[C@@H](C)c2nc3sc4c(c3c(=O)[nH]2)CC[C@H](C)C4)c1. The van der Waals surface area contributed by atoms with Gasteiger partial charge in [-0.2, -0.15) is 0 Å². The van der Waals surface area contributed by atoms with Gasteiger partial charge in [0, 0.05) is 10.6 Å². The number of thioether (sulfide) groups is 1. The molecule has 0 amide bonds. The van der Waals surface area contributed by atoms with Crippen molar-refractivity contribution >= 4 is 33.3 Å². The number of aromatic nitrogens is 2. The van der Waals surface area contributed by atoms with Crippen LogP contribution in [0.1, 0.15) is 47.3 Å². The molecule has 142 valence electrons. The number of aryl methyl sites for hydroxylation is 1. The molecule has 0 fully saturated rings. The van der Waals surface area contributed by atoms with Crippen LogP contribution in [0, 0.1) is 5.92 Å². The van der Waals surface area contributed by atoms with Crippen molar-refractivity contribution in [3.8, 4) is 5.75 Å². The first-order valence-electron chi connectivity index (χ1n) is 9.34. The lowest BCUT2D eigenvalue weighted by molar-refractivity contribution is 0.414. The van der Waals surface area contributed by atoms with Crippen molar-refractivity contribution in [2.45, 2.75) is 44.1 Å². The van der Waals surface area contributed by atoms with Gasteiger partial charge in [-0.15, -0.1) is 23.1 Å². The molecule has 6 heteroatoms. The molecule has 0 bridgehead atoms. The summed E-state index contributed by atoms with van der Waals surface area (Å²) in [4.78, 5) is 22.9. The number of rotatable bonds is 5. The molecule has 0 spiro atoms. The number of ether oxygens (including phenoxy) is 1. The van der Waals surface area contributed by atoms with Crippen molar-refractivity contribution in [2.24, 2.45) is 5.92 Å². The summed E-state index contributed by atoms with van der Waals surface area (Å²) in [5, 5.41) is 0.946. The fourth-order valence-electron chi connectivity index (χ4n) is 3.62. The number of H-pyrrole nitrogens is 1. The van der Waals surface area contributed by atoms with E-state index in [1.165, 1.54) is 16.0 Å². The molecule has 2 heterocycles. The average molecular weight is 401 g/mol. The van der Waals surface area contributed by atoms with E-state index in [1.54, 1.807) is 30.2 Å². The van der Waals surface area contributed by atoms with Crippen LogP contribution < -0.4 is 10.3 Å². The smallest absolute Gasteiger partial charge is 0.259 e. The predicted molar refractivity (Wildman–Crippen MR) is 114 cm³/mol. The van der Waals surface area contributed by atoms with Gasteiger partial charge in [0.1, 0.15) is 16.4 Å². The number of hydrogen-bond acceptors (Lipinski definition) is 5. The van der Waals surface area contributed by atoms with Crippen molar-refractivity contribution in [1.82, 2.24) is 9.97 Å². The van der Waals surface area contributed by atoms with Crippen molar-refractivity contribution < 1.29 is 4.74 Å². The van der Waals surface area contributed by atoms with E-state index in [0.29, 0.717) is 5.92 Å². The third kappa shape index (κ3) is 3.78. The maximum Gasteiger partial charge on any atom is 0.259 e. The number of nitrogens with zero attached hydrogens (tertiary/aromatic N) is 1. The Kier molecular flexibility index (Phi) is 5.28. The van der Waals surface area contributed by atoms with E-state index >= 15 is 0 Å². The van der Waals surface area contributed by atoms with Gasteiger partial charge in [-0.25, -0.2) is 4.98 Å². The molecule has 0 radical (unpaired) electrons. The molecule has 0 saturated heterocycles. The molecule has 2 atom stereocenters. The van der Waals surface area contributed by atoms with Crippen LogP contribution in [-0.2, 0) is 18.6 Å². The lowest BCUT2D eigenvalue weighted by Gasteiger charge is -2.17. The molecule has 1 N–H and O–H groups in total. The second kappa shape index (κ2) is 7.68. The standard InChI is InChI=1S/C21H24N2O2S2/c1-12-7-8-16-17(9-12)27-21-18(16)20(24)22-19(23-21)13(2)26-11-14-5-4-6-15(10-14)25-3/h4-6,10,12-13H,7-9,11H2,1-3H3,(H,22,23,24)/t12-,13-/m0/s1. The lowest BCUT2D eigenvalue weighted by Crippen LogP contribution is -2.15. The van der Waals surface area contributed by atoms with Crippen molar-refractivity contribution in [3.05, 3.63) is 56.4 Å². The van der Waals surface area contributed by atoms with Gasteiger partial charge < -0.3 is 9.72 Å². The Morgan fingerprint density at radius 2 is 2.30 bits per heavy atom. The zero-order valence-corrected chi connectivity index (χ0v) is 17.5. The minimum absolute atomic E-state index is 0.0240. The highest BCUT2D eigenvalue weighted by atomic mass is 32.2. The van der Waals surface area contributed by atoms with E-state index in [4.69, 9.17) is 9.72 Å². The summed E-state index contributed by atoms with van der Waals surface area (Å²) in [6.07, 6.45) is 3.23. The van der Waals surface area contributed by atoms with Gasteiger partial charge in [0.2, 0.25) is 0 Å². The van der Waals surface area contributed by atoms with Crippen LogP contribution in [0.3, 0.4) is 0 Å². The summed E-state index contributed by atoms with van der Waals surface area (Å²) in [5.74, 6) is 3.18. The van der Waals surface area contributed by atoms with Crippen molar-refractivity contribution in [2.75, 3.05) is 7.11 Å². The summed E-state index contributed by atoms with van der Waals surface area (Å²) in [5.41, 5.74) is 2.47. The Morgan fingerprint density at radius 1 is 1.44 bits per heavy atom. The molecule has 2 aromatic heterocycles. The molecular formula is C21H24N2O2S2. The Labute approximate surface area is 167 Å². The lowest BCUT2D eigenvalue weighted by atomic mass is 9.89. The normalized spacial score (nSPS) is 17.7. The zero-order chi connectivity index (χ0) is 19.0. The van der Waals surface area contributed by atoms with Crippen LogP contribution >= 0.6 is 23.1 Å². The molecule has 3 aromatic rings.